The van der Waals surface area contributed by atoms with Crippen LogP contribution in [-0.2, 0) is 33.4 Å². The topological polar surface area (TPSA) is 179 Å². The summed E-state index contributed by atoms with van der Waals surface area (Å²) in [5.74, 6) is 0.853. The summed E-state index contributed by atoms with van der Waals surface area (Å²) in [6, 6.07) is -0.632. The van der Waals surface area contributed by atoms with E-state index in [1.807, 2.05) is 4.90 Å². The van der Waals surface area contributed by atoms with Gasteiger partial charge in [0.25, 0.3) is 0 Å². The molecule has 0 radical (unpaired) electrons. The molecular formula is C39H74N6O7. The number of unbranched alkanes of at least 4 members (excludes halogenated alkanes) is 4. The van der Waals surface area contributed by atoms with Gasteiger partial charge in [0.1, 0.15) is 18.7 Å². The predicted octanol–water partition coefficient (Wildman–Crippen LogP) is 3.66. The molecule has 2 unspecified atom stereocenters. The smallest absolute Gasteiger partial charge is 0.249 e. The van der Waals surface area contributed by atoms with Crippen LogP contribution < -0.4 is 22.1 Å². The lowest BCUT2D eigenvalue weighted by Gasteiger charge is -2.35. The van der Waals surface area contributed by atoms with E-state index in [4.69, 9.17) is 25.7 Å². The maximum atomic E-state index is 12.7. The fourth-order valence-corrected chi connectivity index (χ4v) is 7.32. The van der Waals surface area contributed by atoms with Gasteiger partial charge in [0.05, 0.1) is 26.4 Å². The van der Waals surface area contributed by atoms with Crippen LogP contribution in [-0.4, -0.2) is 125 Å². The molecule has 13 heteroatoms. The van der Waals surface area contributed by atoms with Gasteiger partial charge < -0.3 is 46.1 Å². The maximum Gasteiger partial charge on any atom is 0.249 e. The van der Waals surface area contributed by atoms with Crippen molar-refractivity contribution in [2.45, 2.75) is 141 Å². The number of hydrogen-bond donors (Lipinski definition) is 4. The lowest BCUT2D eigenvalue weighted by atomic mass is 9.85. The Morgan fingerprint density at radius 2 is 1.12 bits per heavy atom. The average Bonchev–Trinajstić information content (AvgIpc) is 3.17. The highest BCUT2D eigenvalue weighted by atomic mass is 16.5. The van der Waals surface area contributed by atoms with Gasteiger partial charge in [-0.2, -0.15) is 0 Å². The zero-order chi connectivity index (χ0) is 37.7. The molecule has 0 aromatic heterocycles. The highest BCUT2D eigenvalue weighted by Gasteiger charge is 2.33. The first-order valence-corrected chi connectivity index (χ1v) is 20.6. The molecule has 13 nitrogen and oxygen atoms in total. The number of carbonyl (C=O) groups is 4. The highest BCUT2D eigenvalue weighted by Crippen LogP contribution is 2.28. The van der Waals surface area contributed by atoms with Crippen molar-refractivity contribution >= 4 is 23.6 Å². The Bertz CT molecular complexity index is 965. The van der Waals surface area contributed by atoms with Gasteiger partial charge in [-0.1, -0.05) is 44.9 Å². The number of methoxy groups -OCH3 is 1. The molecule has 52 heavy (non-hydrogen) atoms. The van der Waals surface area contributed by atoms with E-state index in [2.05, 4.69) is 10.6 Å². The van der Waals surface area contributed by atoms with Crippen LogP contribution in [0.25, 0.3) is 0 Å². The third-order valence-corrected chi connectivity index (χ3v) is 10.4. The lowest BCUT2D eigenvalue weighted by molar-refractivity contribution is -0.146. The molecule has 4 amide bonds. The minimum Gasteiger partial charge on any atom is -0.382 e. The number of amides is 4. The van der Waals surface area contributed by atoms with Crippen molar-refractivity contribution in [1.82, 2.24) is 20.4 Å². The van der Waals surface area contributed by atoms with Crippen molar-refractivity contribution in [3.8, 4) is 0 Å². The van der Waals surface area contributed by atoms with E-state index >= 15 is 0 Å². The third kappa shape index (κ3) is 19.7. The second-order valence-electron chi connectivity index (χ2n) is 14.5. The number of carbonyl (C=O) groups excluding carboxylic acids is 4. The number of nitrogens with two attached hydrogens (primary N) is 2. The van der Waals surface area contributed by atoms with Gasteiger partial charge in [-0.05, 0) is 96.1 Å². The first-order valence-electron chi connectivity index (χ1n) is 20.6. The van der Waals surface area contributed by atoms with Gasteiger partial charge in [0, 0.05) is 39.7 Å². The van der Waals surface area contributed by atoms with E-state index in [0.29, 0.717) is 72.0 Å². The third-order valence-electron chi connectivity index (χ3n) is 10.4. The molecule has 0 spiro atoms. The molecule has 0 aromatic carbocycles. The Kier molecular flexibility index (Phi) is 26.5. The Morgan fingerprint density at radius 3 is 1.67 bits per heavy atom. The minimum atomic E-state index is -0.382. The van der Waals surface area contributed by atoms with E-state index in [9.17, 15) is 19.2 Å². The number of nitrogens with one attached hydrogen (secondary N) is 2. The van der Waals surface area contributed by atoms with Crippen LogP contribution in [0.15, 0.2) is 0 Å². The van der Waals surface area contributed by atoms with Gasteiger partial charge in [0.15, 0.2) is 0 Å². The van der Waals surface area contributed by atoms with Gasteiger partial charge in [0.2, 0.25) is 23.6 Å². The zero-order valence-electron chi connectivity index (χ0n) is 32.6. The largest absolute Gasteiger partial charge is 0.382 e. The molecule has 0 aromatic rings. The van der Waals surface area contributed by atoms with Crippen LogP contribution >= 0.6 is 0 Å². The fourth-order valence-electron chi connectivity index (χ4n) is 7.32. The maximum absolute atomic E-state index is 12.7. The van der Waals surface area contributed by atoms with Crippen molar-refractivity contribution in [2.75, 3.05) is 79.4 Å². The summed E-state index contributed by atoms with van der Waals surface area (Å²) in [6.07, 6.45) is 20.9. The molecule has 6 N–H and O–H groups in total. The molecule has 3 fully saturated rings. The monoisotopic (exact) mass is 739 g/mol. The molecule has 3 aliphatic rings. The van der Waals surface area contributed by atoms with Crippen molar-refractivity contribution in [3.05, 3.63) is 0 Å². The standard InChI is InChI=1S/C21H39N3O2.C18H35N3O5/c22-15-6-2-7-16-23-21(26)19-13-5-8-17-24(19)20(25)14-9-12-18-10-3-1-4-11-18;1-24-11-12-25-13-14-26-15-17(22)21-10-6-3-7-16(21)18(23)20-9-5-2-4-8-19/h18-19H,1-17,22H2,(H,23,26);16H,2-15,19H2,1H3,(H,20,23). The molecule has 2 atom stereocenters. The Morgan fingerprint density at radius 1 is 0.596 bits per heavy atom. The van der Waals surface area contributed by atoms with Crippen LogP contribution in [0.2, 0.25) is 0 Å². The summed E-state index contributed by atoms with van der Waals surface area (Å²) in [5.41, 5.74) is 11.0. The van der Waals surface area contributed by atoms with Crippen molar-refractivity contribution in [1.29, 1.82) is 0 Å². The molecular weight excluding hydrogens is 664 g/mol. The molecule has 0 bridgehead atoms. The normalized spacial score (nSPS) is 19.4. The lowest BCUT2D eigenvalue weighted by Crippen LogP contribution is -2.53. The van der Waals surface area contributed by atoms with Crippen molar-refractivity contribution in [3.63, 3.8) is 0 Å². The Balaban J connectivity index is 0.000000360. The van der Waals surface area contributed by atoms with Crippen LogP contribution in [0.3, 0.4) is 0 Å². The molecule has 3 rings (SSSR count). The van der Waals surface area contributed by atoms with E-state index in [-0.39, 0.29) is 42.3 Å². The number of piperidine rings is 2. The average molecular weight is 739 g/mol. The summed E-state index contributed by atoms with van der Waals surface area (Å²) in [7, 11) is 1.61. The van der Waals surface area contributed by atoms with E-state index in [1.165, 1.54) is 38.5 Å². The fraction of sp³-hybridized carbons (Fsp3) is 0.897. The first kappa shape index (κ1) is 45.8. The summed E-state index contributed by atoms with van der Waals surface area (Å²) >= 11 is 0. The first-order chi connectivity index (χ1) is 25.4. The molecule has 1 aliphatic carbocycles. The minimum absolute atomic E-state index is 0.0199. The van der Waals surface area contributed by atoms with Gasteiger partial charge in [-0.25, -0.2) is 0 Å². The predicted molar refractivity (Wildman–Crippen MR) is 204 cm³/mol. The Labute approximate surface area is 314 Å². The molecule has 2 heterocycles. The summed E-state index contributed by atoms with van der Waals surface area (Å²) < 4.78 is 15.5. The van der Waals surface area contributed by atoms with Crippen LogP contribution in [0.5, 0.6) is 0 Å². The number of likely N-dealkylation sites (tertiary alicyclic amines) is 2. The Hall–Kier alpha value is -2.32. The number of hydrogen-bond acceptors (Lipinski definition) is 9. The van der Waals surface area contributed by atoms with Crippen molar-refractivity contribution in [2.24, 2.45) is 17.4 Å². The van der Waals surface area contributed by atoms with E-state index in [1.54, 1.807) is 12.0 Å². The van der Waals surface area contributed by atoms with Crippen LogP contribution in [0.4, 0.5) is 0 Å². The van der Waals surface area contributed by atoms with E-state index < -0.39 is 0 Å². The zero-order valence-corrected chi connectivity index (χ0v) is 32.6. The second-order valence-corrected chi connectivity index (χ2v) is 14.5. The second kappa shape index (κ2) is 30.1. The van der Waals surface area contributed by atoms with E-state index in [0.717, 1.165) is 89.5 Å². The van der Waals surface area contributed by atoms with Gasteiger partial charge in [-0.3, -0.25) is 19.2 Å². The molecule has 1 saturated carbocycles. The SMILES string of the molecule is COCCOCCOCC(=O)N1CCCCC1C(=O)NCCCCCN.NCCCCCNC(=O)C1CCCCN1C(=O)CCCC1CCCCC1. The van der Waals surface area contributed by atoms with Gasteiger partial charge in [-0.15, -0.1) is 0 Å². The highest BCUT2D eigenvalue weighted by molar-refractivity contribution is 5.88. The summed E-state index contributed by atoms with van der Waals surface area (Å²) in [6.45, 7) is 5.86. The molecule has 2 saturated heterocycles. The van der Waals surface area contributed by atoms with Gasteiger partial charge >= 0.3 is 0 Å². The number of rotatable bonds is 24. The summed E-state index contributed by atoms with van der Waals surface area (Å²) in [4.78, 5) is 53.6. The van der Waals surface area contributed by atoms with Crippen LogP contribution in [0, 0.1) is 5.92 Å². The molecule has 302 valence electrons. The number of ether oxygens (including phenoxy) is 3. The summed E-state index contributed by atoms with van der Waals surface area (Å²) in [5, 5.41) is 5.98. The molecule has 2 aliphatic heterocycles. The van der Waals surface area contributed by atoms with Crippen LogP contribution in [0.1, 0.15) is 128 Å². The quantitative estimate of drug-likeness (QED) is 0.108. The van der Waals surface area contributed by atoms with Crippen molar-refractivity contribution < 1.29 is 33.4 Å². The number of nitrogens with zero attached hydrogens (tertiary/aromatic N) is 2.